The van der Waals surface area contributed by atoms with Crippen molar-refractivity contribution in [3.05, 3.63) is 57.7 Å². The van der Waals surface area contributed by atoms with Gasteiger partial charge in [-0.25, -0.2) is 0 Å². The van der Waals surface area contributed by atoms with Crippen LogP contribution in [0, 0.1) is 0 Å². The van der Waals surface area contributed by atoms with Gasteiger partial charge in [0.15, 0.2) is 0 Å². The predicted octanol–water partition coefficient (Wildman–Crippen LogP) is 2.00. The van der Waals surface area contributed by atoms with E-state index >= 15 is 0 Å². The van der Waals surface area contributed by atoms with Crippen molar-refractivity contribution in [3.63, 3.8) is 0 Å². The van der Waals surface area contributed by atoms with Gasteiger partial charge < -0.3 is 25.3 Å². The summed E-state index contributed by atoms with van der Waals surface area (Å²) in [5, 5.41) is 23.2. The Balaban J connectivity index is 1.55. The zero-order valence-corrected chi connectivity index (χ0v) is 13.7. The second-order valence-corrected chi connectivity index (χ2v) is 6.26. The monoisotopic (exact) mass is 346 g/mol. The second kappa shape index (κ2) is 7.48. The van der Waals surface area contributed by atoms with E-state index in [4.69, 9.17) is 4.74 Å². The minimum atomic E-state index is -0.781. The zero-order valence-electron chi connectivity index (χ0n) is 12.9. The quantitative estimate of drug-likeness (QED) is 0.491. The van der Waals surface area contributed by atoms with Crippen LogP contribution in [0.5, 0.6) is 11.5 Å². The number of benzene rings is 2. The number of fused-ring (bicyclic) bond motifs is 1. The summed E-state index contributed by atoms with van der Waals surface area (Å²) in [6.07, 6.45) is -0.781. The zero-order chi connectivity index (χ0) is 16.9. The standard InChI is InChI=1S/C17H18N2O4S/c20-13-7-6-12(16-15(13)19-17(22)24-16)14(21)10-18-8-9-23-11-4-2-1-3-5-11/h1-7,14,18,20-21H,8-10H2,(H,19,22)/t14-/m0/s1. The maximum Gasteiger partial charge on any atom is 0.305 e. The summed E-state index contributed by atoms with van der Waals surface area (Å²) in [5.41, 5.74) is 0.983. The third-order valence-corrected chi connectivity index (χ3v) is 4.51. The Bertz CT molecular complexity index is 860. The predicted molar refractivity (Wildman–Crippen MR) is 93.9 cm³/mol. The number of hydrogen-bond donors (Lipinski definition) is 4. The number of phenols is 1. The van der Waals surface area contributed by atoms with Crippen LogP contribution in [0.2, 0.25) is 0 Å². The molecule has 0 amide bonds. The lowest BCUT2D eigenvalue weighted by Crippen LogP contribution is -2.26. The Morgan fingerprint density at radius 3 is 2.79 bits per heavy atom. The number of ether oxygens (including phenoxy) is 1. The second-order valence-electron chi connectivity index (χ2n) is 5.27. The van der Waals surface area contributed by atoms with E-state index in [0.29, 0.717) is 35.5 Å². The summed E-state index contributed by atoms with van der Waals surface area (Å²) < 4.78 is 6.14. The fourth-order valence-corrected chi connectivity index (χ4v) is 3.33. The van der Waals surface area contributed by atoms with E-state index in [0.717, 1.165) is 17.1 Å². The molecule has 0 aliphatic rings. The molecule has 7 heteroatoms. The fourth-order valence-electron chi connectivity index (χ4n) is 2.41. The maximum absolute atomic E-state index is 11.5. The van der Waals surface area contributed by atoms with Gasteiger partial charge in [0.1, 0.15) is 23.6 Å². The largest absolute Gasteiger partial charge is 0.506 e. The summed E-state index contributed by atoms with van der Waals surface area (Å²) in [4.78, 5) is 13.8. The number of H-pyrrole nitrogens is 1. The first-order valence-corrected chi connectivity index (χ1v) is 8.38. The van der Waals surface area contributed by atoms with Crippen LogP contribution in [-0.4, -0.2) is 34.9 Å². The first kappa shape index (κ1) is 16.5. The molecule has 0 spiro atoms. The van der Waals surface area contributed by atoms with Gasteiger partial charge in [0, 0.05) is 18.7 Å². The van der Waals surface area contributed by atoms with Gasteiger partial charge in [-0.05, 0) is 18.2 Å². The van der Waals surface area contributed by atoms with Crippen molar-refractivity contribution in [1.82, 2.24) is 10.3 Å². The molecule has 24 heavy (non-hydrogen) atoms. The minimum absolute atomic E-state index is 0.00326. The molecule has 2 aromatic carbocycles. The maximum atomic E-state index is 11.5. The van der Waals surface area contributed by atoms with Crippen LogP contribution >= 0.6 is 11.3 Å². The molecule has 1 aromatic heterocycles. The molecule has 0 bridgehead atoms. The third kappa shape index (κ3) is 3.76. The molecule has 4 N–H and O–H groups in total. The summed E-state index contributed by atoms with van der Waals surface area (Å²) in [6.45, 7) is 1.39. The number of aliphatic hydroxyl groups is 1. The molecular formula is C17H18N2O4S. The van der Waals surface area contributed by atoms with Gasteiger partial charge in [0.2, 0.25) is 0 Å². The van der Waals surface area contributed by atoms with E-state index in [9.17, 15) is 15.0 Å². The topological polar surface area (TPSA) is 94.6 Å². The Morgan fingerprint density at radius 2 is 2.00 bits per heavy atom. The smallest absolute Gasteiger partial charge is 0.305 e. The van der Waals surface area contributed by atoms with Gasteiger partial charge >= 0.3 is 4.87 Å². The van der Waals surface area contributed by atoms with Crippen molar-refractivity contribution < 1.29 is 14.9 Å². The molecule has 1 heterocycles. The van der Waals surface area contributed by atoms with Gasteiger partial charge in [-0.15, -0.1) is 0 Å². The highest BCUT2D eigenvalue weighted by Crippen LogP contribution is 2.31. The molecule has 3 aromatic rings. The molecule has 1 atom stereocenters. The molecule has 0 saturated heterocycles. The van der Waals surface area contributed by atoms with E-state index in [1.165, 1.54) is 6.07 Å². The van der Waals surface area contributed by atoms with Crippen LogP contribution in [0.15, 0.2) is 47.3 Å². The number of aromatic amines is 1. The number of thiazole rings is 1. The van der Waals surface area contributed by atoms with Crippen LogP contribution in [0.4, 0.5) is 0 Å². The SMILES string of the molecule is O=c1[nH]c2c(O)ccc([C@@H](O)CNCCOc3ccccc3)c2s1. The average Bonchev–Trinajstić information content (AvgIpc) is 2.98. The van der Waals surface area contributed by atoms with Crippen LogP contribution in [0.3, 0.4) is 0 Å². The Hall–Kier alpha value is -2.35. The molecule has 0 aliphatic heterocycles. The summed E-state index contributed by atoms with van der Waals surface area (Å²) >= 11 is 0.979. The summed E-state index contributed by atoms with van der Waals surface area (Å²) in [7, 11) is 0. The van der Waals surface area contributed by atoms with E-state index in [1.54, 1.807) is 6.07 Å². The van der Waals surface area contributed by atoms with Gasteiger partial charge in [-0.2, -0.15) is 0 Å². The average molecular weight is 346 g/mol. The van der Waals surface area contributed by atoms with Crippen molar-refractivity contribution in [1.29, 1.82) is 0 Å². The Kier molecular flexibility index (Phi) is 5.14. The number of rotatable bonds is 7. The molecule has 0 radical (unpaired) electrons. The number of para-hydroxylation sites is 1. The van der Waals surface area contributed by atoms with E-state index in [1.807, 2.05) is 30.3 Å². The van der Waals surface area contributed by atoms with Crippen molar-refractivity contribution in [2.24, 2.45) is 0 Å². The number of phenolic OH excluding ortho intramolecular Hbond substituents is 1. The van der Waals surface area contributed by atoms with Crippen LogP contribution < -0.4 is 14.9 Å². The first-order valence-electron chi connectivity index (χ1n) is 7.56. The molecule has 126 valence electrons. The number of nitrogens with one attached hydrogen (secondary N) is 2. The van der Waals surface area contributed by atoms with Crippen molar-refractivity contribution in [3.8, 4) is 11.5 Å². The fraction of sp³-hybridized carbons (Fsp3) is 0.235. The van der Waals surface area contributed by atoms with Crippen molar-refractivity contribution in [2.75, 3.05) is 19.7 Å². The van der Waals surface area contributed by atoms with Gasteiger partial charge in [0.25, 0.3) is 0 Å². The van der Waals surface area contributed by atoms with Crippen LogP contribution in [0.1, 0.15) is 11.7 Å². The Morgan fingerprint density at radius 1 is 1.21 bits per heavy atom. The summed E-state index contributed by atoms with van der Waals surface area (Å²) in [6, 6.07) is 12.6. The van der Waals surface area contributed by atoms with E-state index in [2.05, 4.69) is 10.3 Å². The number of hydrogen-bond acceptors (Lipinski definition) is 6. The van der Waals surface area contributed by atoms with Gasteiger partial charge in [-0.3, -0.25) is 4.79 Å². The number of aromatic nitrogens is 1. The van der Waals surface area contributed by atoms with Crippen molar-refractivity contribution in [2.45, 2.75) is 6.10 Å². The van der Waals surface area contributed by atoms with Crippen LogP contribution in [-0.2, 0) is 0 Å². The highest BCUT2D eigenvalue weighted by atomic mass is 32.1. The lowest BCUT2D eigenvalue weighted by molar-refractivity contribution is 0.173. The highest BCUT2D eigenvalue weighted by Gasteiger charge is 2.15. The minimum Gasteiger partial charge on any atom is -0.506 e. The van der Waals surface area contributed by atoms with E-state index < -0.39 is 6.10 Å². The van der Waals surface area contributed by atoms with Crippen LogP contribution in [0.25, 0.3) is 10.2 Å². The normalized spacial score (nSPS) is 12.4. The lowest BCUT2D eigenvalue weighted by Gasteiger charge is -2.13. The Labute approximate surface area is 142 Å². The van der Waals surface area contributed by atoms with Gasteiger partial charge in [0.05, 0.1) is 10.8 Å². The molecule has 6 nitrogen and oxygen atoms in total. The molecule has 0 fully saturated rings. The lowest BCUT2D eigenvalue weighted by atomic mass is 10.1. The highest BCUT2D eigenvalue weighted by molar-refractivity contribution is 7.16. The van der Waals surface area contributed by atoms with E-state index in [-0.39, 0.29) is 10.6 Å². The number of aliphatic hydroxyl groups excluding tert-OH is 1. The number of aromatic hydroxyl groups is 1. The molecule has 0 aliphatic carbocycles. The first-order chi connectivity index (χ1) is 11.6. The molecular weight excluding hydrogens is 328 g/mol. The van der Waals surface area contributed by atoms with Crippen molar-refractivity contribution >= 4 is 21.6 Å². The molecule has 0 unspecified atom stereocenters. The van der Waals surface area contributed by atoms with Gasteiger partial charge in [-0.1, -0.05) is 35.6 Å². The molecule has 3 rings (SSSR count). The third-order valence-electron chi connectivity index (χ3n) is 3.58. The molecule has 0 saturated carbocycles. The summed E-state index contributed by atoms with van der Waals surface area (Å²) in [5.74, 6) is 0.806.